The zero-order valence-electron chi connectivity index (χ0n) is 11.3. The number of rotatable bonds is 3. The van der Waals surface area contributed by atoms with Crippen LogP contribution < -0.4 is 0 Å². The van der Waals surface area contributed by atoms with Gasteiger partial charge in [-0.2, -0.15) is 4.98 Å². The van der Waals surface area contributed by atoms with Gasteiger partial charge in [0.05, 0.1) is 11.8 Å². The molecule has 0 spiro atoms. The largest absolute Gasteiger partial charge is 0.481 e. The van der Waals surface area contributed by atoms with Gasteiger partial charge in [-0.3, -0.25) is 4.79 Å². The lowest BCUT2D eigenvalue weighted by atomic mass is 9.79. The van der Waals surface area contributed by atoms with Crippen LogP contribution in [0, 0.1) is 5.92 Å². The fraction of sp³-hybridized carbons (Fsp3) is 0.400. The van der Waals surface area contributed by atoms with Crippen molar-refractivity contribution in [3.8, 4) is 11.4 Å². The normalized spacial score (nSPS) is 22.1. The van der Waals surface area contributed by atoms with Crippen LogP contribution in [-0.2, 0) is 4.79 Å². The topological polar surface area (TPSA) is 76.2 Å². The van der Waals surface area contributed by atoms with E-state index < -0.39 is 11.9 Å². The smallest absolute Gasteiger partial charge is 0.307 e. The van der Waals surface area contributed by atoms with E-state index in [1.165, 1.54) is 0 Å². The molecule has 0 aliphatic heterocycles. The molecule has 0 radical (unpaired) electrons. The number of carbonyl (C=O) groups is 1. The van der Waals surface area contributed by atoms with Gasteiger partial charge < -0.3 is 9.63 Å². The summed E-state index contributed by atoms with van der Waals surface area (Å²) in [5.74, 6) is -0.416. The highest BCUT2D eigenvalue weighted by molar-refractivity contribution is 9.10. The molecule has 5 nitrogen and oxygen atoms in total. The van der Waals surface area contributed by atoms with Gasteiger partial charge in [0, 0.05) is 10.0 Å². The molecule has 1 aliphatic rings. The summed E-state index contributed by atoms with van der Waals surface area (Å²) in [4.78, 5) is 15.8. The number of hydrogen-bond acceptors (Lipinski definition) is 4. The third kappa shape index (κ3) is 3.00. The monoisotopic (exact) mass is 350 g/mol. The quantitative estimate of drug-likeness (QED) is 0.909. The second-order valence-electron chi connectivity index (χ2n) is 5.30. The van der Waals surface area contributed by atoms with Crippen molar-refractivity contribution in [2.24, 2.45) is 5.92 Å². The molecule has 2 aromatic rings. The van der Waals surface area contributed by atoms with Gasteiger partial charge in [0.2, 0.25) is 11.7 Å². The predicted octanol–water partition coefficient (Wildman–Crippen LogP) is 3.86. The van der Waals surface area contributed by atoms with E-state index in [1.807, 2.05) is 24.3 Å². The average Bonchev–Trinajstić information content (AvgIpc) is 2.97. The van der Waals surface area contributed by atoms with Crippen LogP contribution in [-0.4, -0.2) is 21.2 Å². The van der Waals surface area contributed by atoms with Gasteiger partial charge in [-0.15, -0.1) is 0 Å². The molecule has 1 heterocycles. The first-order chi connectivity index (χ1) is 10.1. The van der Waals surface area contributed by atoms with E-state index >= 15 is 0 Å². The van der Waals surface area contributed by atoms with Gasteiger partial charge in [-0.1, -0.05) is 33.9 Å². The Bertz CT molecular complexity index is 639. The van der Waals surface area contributed by atoms with E-state index in [2.05, 4.69) is 26.1 Å². The molecule has 2 atom stereocenters. The summed E-state index contributed by atoms with van der Waals surface area (Å²) in [6, 6.07) is 7.61. The van der Waals surface area contributed by atoms with Crippen molar-refractivity contribution in [3.63, 3.8) is 0 Å². The molecule has 21 heavy (non-hydrogen) atoms. The lowest BCUT2D eigenvalue weighted by Crippen LogP contribution is -2.25. The van der Waals surface area contributed by atoms with Crippen LogP contribution in [0.5, 0.6) is 0 Å². The summed E-state index contributed by atoms with van der Waals surface area (Å²) in [5, 5.41) is 13.3. The maximum atomic E-state index is 11.4. The molecular weight excluding hydrogens is 336 g/mol. The molecule has 1 aromatic carbocycles. The first-order valence-electron chi connectivity index (χ1n) is 6.97. The van der Waals surface area contributed by atoms with Gasteiger partial charge in [-0.05, 0) is 37.1 Å². The number of hydrogen-bond donors (Lipinski definition) is 1. The van der Waals surface area contributed by atoms with E-state index in [-0.39, 0.29) is 5.92 Å². The zero-order chi connectivity index (χ0) is 14.8. The number of halogens is 1. The standard InChI is InChI=1S/C15H15BrN2O3/c16-10-7-5-9(6-8-10)13-17-14(21-18-13)11-3-1-2-4-12(11)15(19)20/h5-8,11-12H,1-4H2,(H,19,20). The molecule has 0 bridgehead atoms. The fourth-order valence-electron chi connectivity index (χ4n) is 2.82. The maximum absolute atomic E-state index is 11.4. The van der Waals surface area contributed by atoms with Crippen molar-refractivity contribution in [1.29, 1.82) is 0 Å². The molecule has 1 aliphatic carbocycles. The Balaban J connectivity index is 1.86. The minimum atomic E-state index is -0.775. The SMILES string of the molecule is O=C(O)C1CCCCC1c1nc(-c2ccc(Br)cc2)no1. The Kier molecular flexibility index (Phi) is 4.05. The third-order valence-electron chi connectivity index (χ3n) is 3.94. The Morgan fingerprint density at radius 1 is 1.24 bits per heavy atom. The van der Waals surface area contributed by atoms with Crippen molar-refractivity contribution in [1.82, 2.24) is 10.1 Å². The fourth-order valence-corrected chi connectivity index (χ4v) is 3.09. The van der Waals surface area contributed by atoms with Gasteiger partial charge >= 0.3 is 5.97 Å². The number of nitrogens with zero attached hydrogens (tertiary/aromatic N) is 2. The van der Waals surface area contributed by atoms with Crippen LogP contribution in [0.1, 0.15) is 37.5 Å². The molecule has 0 saturated heterocycles. The highest BCUT2D eigenvalue weighted by Gasteiger charge is 2.35. The Labute approximate surface area is 130 Å². The number of aromatic nitrogens is 2. The minimum Gasteiger partial charge on any atom is -0.481 e. The summed E-state index contributed by atoms with van der Waals surface area (Å²) in [7, 11) is 0. The van der Waals surface area contributed by atoms with Crippen LogP contribution >= 0.6 is 15.9 Å². The molecule has 110 valence electrons. The van der Waals surface area contributed by atoms with E-state index in [0.29, 0.717) is 18.1 Å². The minimum absolute atomic E-state index is 0.173. The molecule has 1 saturated carbocycles. The number of benzene rings is 1. The number of carboxylic acid groups (broad SMARTS) is 1. The van der Waals surface area contributed by atoms with Crippen molar-refractivity contribution in [2.45, 2.75) is 31.6 Å². The van der Waals surface area contributed by atoms with Gasteiger partial charge in [0.1, 0.15) is 0 Å². The van der Waals surface area contributed by atoms with E-state index in [4.69, 9.17) is 4.52 Å². The van der Waals surface area contributed by atoms with Gasteiger partial charge in [-0.25, -0.2) is 0 Å². The highest BCUT2D eigenvalue weighted by atomic mass is 79.9. The van der Waals surface area contributed by atoms with Crippen LogP contribution in [0.4, 0.5) is 0 Å². The Morgan fingerprint density at radius 3 is 2.67 bits per heavy atom. The second-order valence-corrected chi connectivity index (χ2v) is 6.21. The maximum Gasteiger partial charge on any atom is 0.307 e. The molecule has 3 rings (SSSR count). The molecule has 1 aromatic heterocycles. The lowest BCUT2D eigenvalue weighted by molar-refractivity contribution is -0.143. The second kappa shape index (κ2) is 5.97. The summed E-state index contributed by atoms with van der Waals surface area (Å²) in [6.45, 7) is 0. The predicted molar refractivity (Wildman–Crippen MR) is 79.8 cm³/mol. The van der Waals surface area contributed by atoms with Crippen molar-refractivity contribution >= 4 is 21.9 Å². The van der Waals surface area contributed by atoms with Crippen molar-refractivity contribution in [2.75, 3.05) is 0 Å². The molecular formula is C15H15BrN2O3. The Hall–Kier alpha value is -1.69. The van der Waals surface area contributed by atoms with Crippen molar-refractivity contribution in [3.05, 3.63) is 34.6 Å². The van der Waals surface area contributed by atoms with E-state index in [9.17, 15) is 9.90 Å². The van der Waals surface area contributed by atoms with E-state index in [0.717, 1.165) is 29.3 Å². The lowest BCUT2D eigenvalue weighted by Gasteiger charge is -2.25. The van der Waals surface area contributed by atoms with Crippen LogP contribution in [0.2, 0.25) is 0 Å². The molecule has 1 fully saturated rings. The van der Waals surface area contributed by atoms with Crippen LogP contribution in [0.3, 0.4) is 0 Å². The molecule has 0 amide bonds. The molecule has 1 N–H and O–H groups in total. The number of aliphatic carboxylic acids is 1. The first-order valence-corrected chi connectivity index (χ1v) is 7.77. The average molecular weight is 351 g/mol. The third-order valence-corrected chi connectivity index (χ3v) is 4.47. The van der Waals surface area contributed by atoms with E-state index in [1.54, 1.807) is 0 Å². The Morgan fingerprint density at radius 2 is 1.95 bits per heavy atom. The number of carboxylic acids is 1. The summed E-state index contributed by atoms with van der Waals surface area (Å²) in [6.07, 6.45) is 3.42. The zero-order valence-corrected chi connectivity index (χ0v) is 12.9. The van der Waals surface area contributed by atoms with Gasteiger partial charge in [0.25, 0.3) is 0 Å². The summed E-state index contributed by atoms with van der Waals surface area (Å²) >= 11 is 3.38. The molecule has 2 unspecified atom stereocenters. The first kappa shape index (κ1) is 14.3. The summed E-state index contributed by atoms with van der Waals surface area (Å²) < 4.78 is 6.31. The summed E-state index contributed by atoms with van der Waals surface area (Å²) in [5.41, 5.74) is 0.857. The molecule has 6 heteroatoms. The van der Waals surface area contributed by atoms with Crippen LogP contribution in [0.25, 0.3) is 11.4 Å². The highest BCUT2D eigenvalue weighted by Crippen LogP contribution is 2.37. The van der Waals surface area contributed by atoms with Crippen molar-refractivity contribution < 1.29 is 14.4 Å². The van der Waals surface area contributed by atoms with Crippen LogP contribution in [0.15, 0.2) is 33.3 Å². The van der Waals surface area contributed by atoms with Gasteiger partial charge in [0.15, 0.2) is 0 Å².